The van der Waals surface area contributed by atoms with Crippen molar-refractivity contribution in [2.75, 3.05) is 9.80 Å². The highest BCUT2D eigenvalue weighted by Gasteiger charge is 2.71. The first kappa shape index (κ1) is 56.5. The van der Waals surface area contributed by atoms with Gasteiger partial charge in [0, 0.05) is 55.2 Å². The van der Waals surface area contributed by atoms with Gasteiger partial charge in [-0.3, -0.25) is 0 Å². The third kappa shape index (κ3) is 7.37. The normalized spacial score (nSPS) is 17.5. The molecule has 0 aromatic heterocycles. The van der Waals surface area contributed by atoms with Crippen molar-refractivity contribution in [1.82, 2.24) is 0 Å². The second-order valence-electron chi connectivity index (χ2n) is 30.4. The Labute approximate surface area is 553 Å². The van der Waals surface area contributed by atoms with E-state index in [1.807, 2.05) is 0 Å². The van der Waals surface area contributed by atoms with Gasteiger partial charge in [-0.2, -0.15) is 0 Å². The molecule has 0 saturated heterocycles. The number of benzene rings is 14. The summed E-state index contributed by atoms with van der Waals surface area (Å²) in [5.41, 5.74) is 25.5. The molecule has 0 bridgehead atoms. The highest BCUT2D eigenvalue weighted by Crippen LogP contribution is 2.76. The fourth-order valence-corrected chi connectivity index (χ4v) is 19.3. The lowest BCUT2D eigenvalue weighted by molar-refractivity contribution is 0.0595. The van der Waals surface area contributed by atoms with Crippen LogP contribution in [0.5, 0.6) is 0 Å². The zero-order chi connectivity index (χ0) is 64.0. The average molecular weight is 1210 g/mol. The van der Waals surface area contributed by atoms with Crippen LogP contribution >= 0.6 is 0 Å². The van der Waals surface area contributed by atoms with Crippen LogP contribution in [-0.4, -0.2) is 0 Å². The minimum atomic E-state index is -0.738. The van der Waals surface area contributed by atoms with Gasteiger partial charge in [-0.1, -0.05) is 288 Å². The van der Waals surface area contributed by atoms with E-state index < -0.39 is 21.7 Å². The topological polar surface area (TPSA) is 6.48 Å². The molecule has 0 fully saturated rings. The molecule has 2 nitrogen and oxygen atoms in total. The standard InChI is InChI=1S/C92H76N2/c1-87(2,3)91(77-41-25-21-37-73(77)85-71-35-17-15-33-69(71)83(55-81(85)91)93(61-45-43-57-27-11-13-29-59(57)51-61)63-47-49-67-65-31-19-23-39-75(65)89(7,8)79(67)53-63)92(88(4,5)6)78-42-26-22-38-74(78)86-72-36-18-16-34-70(72)84(56-82(86)92)94(62-46-44-58-28-12-14-30-60(58)52-62)64-48-50-68-66-32-20-24-40-76(66)90(9,10)80(68)54-64/h11-56H,1-10H3. The minimum Gasteiger partial charge on any atom is -0.310 e. The number of anilines is 6. The van der Waals surface area contributed by atoms with Gasteiger partial charge in [0.25, 0.3) is 0 Å². The Kier molecular flexibility index (Phi) is 11.8. The summed E-state index contributed by atoms with van der Waals surface area (Å²) in [4.78, 5) is 5.24. The third-order valence-corrected chi connectivity index (χ3v) is 23.0. The Morgan fingerprint density at radius 1 is 0.234 bits per heavy atom. The quantitative estimate of drug-likeness (QED) is 0.157. The molecular formula is C92H76N2. The van der Waals surface area contributed by atoms with Crippen LogP contribution in [0.15, 0.2) is 279 Å². The molecule has 454 valence electrons. The van der Waals surface area contributed by atoms with Crippen LogP contribution in [0.25, 0.3) is 87.6 Å². The molecule has 2 atom stereocenters. The van der Waals surface area contributed by atoms with Crippen molar-refractivity contribution in [2.45, 2.75) is 90.9 Å². The number of hydrogen-bond donors (Lipinski definition) is 0. The van der Waals surface area contributed by atoms with Crippen LogP contribution in [0, 0.1) is 10.8 Å². The molecule has 0 heterocycles. The lowest BCUT2D eigenvalue weighted by Crippen LogP contribution is -2.62. The predicted molar refractivity (Wildman–Crippen MR) is 399 cm³/mol. The zero-order valence-electron chi connectivity index (χ0n) is 55.5. The molecule has 2 unspecified atom stereocenters. The van der Waals surface area contributed by atoms with Crippen molar-refractivity contribution in [1.29, 1.82) is 0 Å². The minimum absolute atomic E-state index is 0.210. The number of rotatable bonds is 7. The summed E-state index contributed by atoms with van der Waals surface area (Å²) in [7, 11) is 0. The van der Waals surface area contributed by atoms with E-state index in [4.69, 9.17) is 0 Å². The summed E-state index contributed by atoms with van der Waals surface area (Å²) in [5, 5.41) is 9.81. The molecule has 4 aliphatic rings. The Morgan fingerprint density at radius 3 is 0.926 bits per heavy atom. The fourth-order valence-electron chi connectivity index (χ4n) is 19.3. The summed E-state index contributed by atoms with van der Waals surface area (Å²) in [5.74, 6) is 0. The van der Waals surface area contributed by atoms with E-state index in [1.54, 1.807) is 0 Å². The first-order valence-corrected chi connectivity index (χ1v) is 33.8. The SMILES string of the molecule is CC1(C)c2ccccc2-c2ccc(N(c3ccc4ccccc4c3)c3cc4c(c5ccccc35)-c3ccccc3C4(C(C)(C)C)C3(C(C)(C)C)c4ccccc4-c4c3cc(N(c3ccc5c(c3)C(C)(C)c3ccccc3-5)c3ccc5ccccc5c3)c3ccccc43)cc21. The van der Waals surface area contributed by atoms with Crippen molar-refractivity contribution in [3.05, 3.63) is 324 Å². The van der Waals surface area contributed by atoms with E-state index in [2.05, 4.69) is 358 Å². The molecule has 0 amide bonds. The van der Waals surface area contributed by atoms with Gasteiger partial charge in [0.1, 0.15) is 0 Å². The molecule has 14 aromatic carbocycles. The van der Waals surface area contributed by atoms with Crippen LogP contribution in [0.4, 0.5) is 34.1 Å². The Balaban J connectivity index is 0.972. The van der Waals surface area contributed by atoms with Crippen molar-refractivity contribution >= 4 is 77.2 Å². The second kappa shape index (κ2) is 19.6. The van der Waals surface area contributed by atoms with Crippen LogP contribution < -0.4 is 9.80 Å². The summed E-state index contributed by atoms with van der Waals surface area (Å²) < 4.78 is 0. The molecule has 0 radical (unpaired) electrons. The lowest BCUT2D eigenvalue weighted by atomic mass is 9.39. The number of fused-ring (bicyclic) bond motifs is 18. The first-order chi connectivity index (χ1) is 45.4. The molecule has 2 heteroatoms. The van der Waals surface area contributed by atoms with E-state index in [1.165, 1.54) is 143 Å². The largest absolute Gasteiger partial charge is 0.310 e. The summed E-state index contributed by atoms with van der Waals surface area (Å²) in [6.07, 6.45) is 0. The van der Waals surface area contributed by atoms with Gasteiger partial charge in [0.2, 0.25) is 0 Å². The van der Waals surface area contributed by atoms with Gasteiger partial charge in [0.05, 0.1) is 11.4 Å². The zero-order valence-corrected chi connectivity index (χ0v) is 55.5. The van der Waals surface area contributed by atoms with Gasteiger partial charge in [-0.15, -0.1) is 0 Å². The molecule has 94 heavy (non-hydrogen) atoms. The molecule has 0 N–H and O–H groups in total. The molecular weight excluding hydrogens is 1130 g/mol. The van der Waals surface area contributed by atoms with Gasteiger partial charge < -0.3 is 9.80 Å². The number of hydrogen-bond acceptors (Lipinski definition) is 2. The highest BCUT2D eigenvalue weighted by molar-refractivity contribution is 6.14. The maximum atomic E-state index is 2.70. The van der Waals surface area contributed by atoms with E-state index in [-0.39, 0.29) is 10.8 Å². The molecule has 4 aliphatic carbocycles. The Hall–Kier alpha value is -10.3. The lowest BCUT2D eigenvalue weighted by Gasteiger charge is -2.62. The maximum absolute atomic E-state index is 2.70. The van der Waals surface area contributed by atoms with Gasteiger partial charge >= 0.3 is 0 Å². The highest BCUT2D eigenvalue weighted by atomic mass is 15.2. The van der Waals surface area contributed by atoms with Crippen LogP contribution in [0.2, 0.25) is 0 Å². The van der Waals surface area contributed by atoms with Crippen molar-refractivity contribution in [3.63, 3.8) is 0 Å². The Bertz CT molecular complexity index is 5220. The smallest absolute Gasteiger partial charge is 0.0543 e. The first-order valence-electron chi connectivity index (χ1n) is 33.8. The molecule has 14 aromatic rings. The van der Waals surface area contributed by atoms with Crippen molar-refractivity contribution in [3.8, 4) is 44.5 Å². The third-order valence-electron chi connectivity index (χ3n) is 23.0. The van der Waals surface area contributed by atoms with Crippen LogP contribution in [0.3, 0.4) is 0 Å². The van der Waals surface area contributed by atoms with E-state index in [0.29, 0.717) is 0 Å². The molecule has 0 saturated carbocycles. The number of nitrogens with zero attached hydrogens (tertiary/aromatic N) is 2. The summed E-state index contributed by atoms with van der Waals surface area (Å²) >= 11 is 0. The van der Waals surface area contributed by atoms with Crippen molar-refractivity contribution < 1.29 is 0 Å². The fraction of sp³-hybridized carbons (Fsp3) is 0.174. The van der Waals surface area contributed by atoms with Crippen LogP contribution in [0.1, 0.15) is 114 Å². The molecule has 0 aliphatic heterocycles. The van der Waals surface area contributed by atoms with Gasteiger partial charge in [0.15, 0.2) is 0 Å². The monoisotopic (exact) mass is 1210 g/mol. The van der Waals surface area contributed by atoms with E-state index in [0.717, 1.165) is 22.7 Å². The van der Waals surface area contributed by atoms with Crippen LogP contribution in [-0.2, 0) is 21.7 Å². The molecule has 0 spiro atoms. The average Bonchev–Trinajstić information content (AvgIpc) is 1.44. The predicted octanol–water partition coefficient (Wildman–Crippen LogP) is 25.2. The van der Waals surface area contributed by atoms with E-state index >= 15 is 0 Å². The van der Waals surface area contributed by atoms with E-state index in [9.17, 15) is 0 Å². The maximum Gasteiger partial charge on any atom is 0.0543 e. The summed E-state index contributed by atoms with van der Waals surface area (Å²) in [6, 6.07) is 108. The second-order valence-corrected chi connectivity index (χ2v) is 30.4. The summed E-state index contributed by atoms with van der Waals surface area (Å²) in [6.45, 7) is 25.0. The van der Waals surface area contributed by atoms with Gasteiger partial charge in [-0.25, -0.2) is 0 Å². The van der Waals surface area contributed by atoms with Gasteiger partial charge in [-0.05, 0) is 193 Å². The Morgan fingerprint density at radius 2 is 0.532 bits per heavy atom. The van der Waals surface area contributed by atoms with Crippen molar-refractivity contribution in [2.24, 2.45) is 10.8 Å². The molecule has 18 rings (SSSR count).